The van der Waals surface area contributed by atoms with Crippen LogP contribution in [0.2, 0.25) is 0 Å². The standard InChI is InChI=1S/C22H26N4O5S2/c1-31-17-6-7-18-16(14-17)4-2-8-22(18)20(27)26(21(28)23-22)15-24-9-11-25(12-10-24)33(29,30)19-5-3-13-32-19/h3,5-7,13-14H,2,4,8-12,15H2,1H3,(H,23,28)/t22-/m0/s1. The molecule has 3 heterocycles. The maximum Gasteiger partial charge on any atom is 0.326 e. The molecule has 1 N–H and O–H groups in total. The molecule has 2 aliphatic heterocycles. The molecule has 1 aromatic carbocycles. The molecule has 3 aliphatic rings. The number of carbonyl (C=O) groups excluding carboxylic acids is 2. The fourth-order valence-corrected chi connectivity index (χ4v) is 7.52. The van der Waals surface area contributed by atoms with Crippen LogP contribution in [0, 0.1) is 0 Å². The highest BCUT2D eigenvalue weighted by Crippen LogP contribution is 2.41. The number of hydrogen-bond acceptors (Lipinski definition) is 7. The topological polar surface area (TPSA) is 99.3 Å². The molecule has 2 saturated heterocycles. The van der Waals surface area contributed by atoms with Gasteiger partial charge in [0.25, 0.3) is 15.9 Å². The molecule has 0 saturated carbocycles. The zero-order valence-electron chi connectivity index (χ0n) is 18.3. The number of rotatable bonds is 5. The number of sulfonamides is 1. The van der Waals surface area contributed by atoms with Gasteiger partial charge in [0, 0.05) is 26.2 Å². The number of nitrogens with zero attached hydrogens (tertiary/aromatic N) is 3. The summed E-state index contributed by atoms with van der Waals surface area (Å²) in [5.74, 6) is 0.488. The van der Waals surface area contributed by atoms with Crippen molar-refractivity contribution >= 4 is 33.3 Å². The van der Waals surface area contributed by atoms with Crippen molar-refractivity contribution in [3.05, 3.63) is 46.8 Å². The van der Waals surface area contributed by atoms with Crippen molar-refractivity contribution in [2.75, 3.05) is 40.0 Å². The minimum atomic E-state index is -3.50. The van der Waals surface area contributed by atoms with Gasteiger partial charge in [0.15, 0.2) is 0 Å². The molecule has 2 aromatic rings. The maximum absolute atomic E-state index is 13.5. The van der Waals surface area contributed by atoms with Gasteiger partial charge in [0.1, 0.15) is 15.5 Å². The Bertz CT molecular complexity index is 1180. The number of hydrogen-bond donors (Lipinski definition) is 1. The number of ether oxygens (including phenoxy) is 1. The molecule has 1 atom stereocenters. The molecular weight excluding hydrogens is 464 g/mol. The van der Waals surface area contributed by atoms with Crippen LogP contribution in [0.3, 0.4) is 0 Å². The number of thiophene rings is 1. The molecule has 1 aromatic heterocycles. The normalized spacial score (nSPS) is 24.2. The van der Waals surface area contributed by atoms with E-state index in [1.54, 1.807) is 24.6 Å². The molecule has 0 unspecified atom stereocenters. The first-order chi connectivity index (χ1) is 15.8. The summed E-state index contributed by atoms with van der Waals surface area (Å²) in [5, 5.41) is 4.72. The summed E-state index contributed by atoms with van der Waals surface area (Å²) in [6, 6.07) is 8.56. The number of fused-ring (bicyclic) bond motifs is 2. The van der Waals surface area contributed by atoms with Gasteiger partial charge in [-0.15, -0.1) is 11.3 Å². The molecule has 33 heavy (non-hydrogen) atoms. The average Bonchev–Trinajstić information content (AvgIpc) is 3.44. The molecule has 1 aliphatic carbocycles. The monoisotopic (exact) mass is 490 g/mol. The zero-order chi connectivity index (χ0) is 23.2. The van der Waals surface area contributed by atoms with Crippen LogP contribution in [-0.2, 0) is 26.8 Å². The third kappa shape index (κ3) is 3.72. The van der Waals surface area contributed by atoms with Crippen molar-refractivity contribution in [2.24, 2.45) is 0 Å². The van der Waals surface area contributed by atoms with Crippen LogP contribution >= 0.6 is 11.3 Å². The largest absolute Gasteiger partial charge is 0.497 e. The Balaban J connectivity index is 1.29. The number of urea groups is 1. The number of piperazine rings is 1. The fraction of sp³-hybridized carbons (Fsp3) is 0.455. The molecule has 1 spiro atoms. The number of benzene rings is 1. The highest BCUT2D eigenvalue weighted by Gasteiger charge is 2.54. The Morgan fingerprint density at radius 3 is 2.64 bits per heavy atom. The lowest BCUT2D eigenvalue weighted by atomic mass is 9.76. The fourth-order valence-electron chi connectivity index (χ4n) is 4.95. The molecule has 0 bridgehead atoms. The second kappa shape index (κ2) is 8.39. The van der Waals surface area contributed by atoms with Crippen molar-refractivity contribution in [3.63, 3.8) is 0 Å². The number of amides is 3. The summed E-state index contributed by atoms with van der Waals surface area (Å²) in [7, 11) is -1.89. The van der Waals surface area contributed by atoms with Crippen molar-refractivity contribution in [1.82, 2.24) is 19.4 Å². The smallest absolute Gasteiger partial charge is 0.326 e. The van der Waals surface area contributed by atoms with E-state index in [2.05, 4.69) is 5.32 Å². The summed E-state index contributed by atoms with van der Waals surface area (Å²) in [5.41, 5.74) is 0.812. The molecule has 11 heteroatoms. The average molecular weight is 491 g/mol. The number of aryl methyl sites for hydroxylation is 1. The van der Waals surface area contributed by atoms with E-state index in [0.717, 1.165) is 29.7 Å². The first-order valence-electron chi connectivity index (χ1n) is 10.9. The molecular formula is C22H26N4O5S2. The van der Waals surface area contributed by atoms with Gasteiger partial charge in [-0.3, -0.25) is 9.69 Å². The molecule has 0 radical (unpaired) electrons. The van der Waals surface area contributed by atoms with Crippen LogP contribution in [0.5, 0.6) is 5.75 Å². The van der Waals surface area contributed by atoms with E-state index < -0.39 is 21.6 Å². The SMILES string of the molecule is COc1ccc2c(c1)CCC[C@]21NC(=O)N(CN2CCN(S(=O)(=O)c3cccs3)CC2)C1=O. The zero-order valence-corrected chi connectivity index (χ0v) is 20.0. The lowest BCUT2D eigenvalue weighted by Gasteiger charge is -2.36. The van der Waals surface area contributed by atoms with E-state index in [0.29, 0.717) is 36.8 Å². The van der Waals surface area contributed by atoms with Gasteiger partial charge in [-0.05, 0) is 54.0 Å². The summed E-state index contributed by atoms with van der Waals surface area (Å²) < 4.78 is 32.6. The van der Waals surface area contributed by atoms with Crippen LogP contribution in [0.4, 0.5) is 4.79 Å². The van der Waals surface area contributed by atoms with E-state index in [1.807, 2.05) is 23.1 Å². The van der Waals surface area contributed by atoms with Gasteiger partial charge >= 0.3 is 6.03 Å². The third-order valence-electron chi connectivity index (χ3n) is 6.71. The van der Waals surface area contributed by atoms with Crippen molar-refractivity contribution in [3.8, 4) is 5.75 Å². The molecule has 2 fully saturated rings. The van der Waals surface area contributed by atoms with E-state index >= 15 is 0 Å². The highest BCUT2D eigenvalue weighted by molar-refractivity contribution is 7.91. The Labute approximate surface area is 197 Å². The van der Waals surface area contributed by atoms with Crippen LogP contribution < -0.4 is 10.1 Å². The molecule has 176 valence electrons. The summed E-state index contributed by atoms with van der Waals surface area (Å²) in [4.78, 5) is 29.6. The predicted octanol–water partition coefficient (Wildman–Crippen LogP) is 1.80. The number of carbonyl (C=O) groups is 2. The van der Waals surface area contributed by atoms with Crippen molar-refractivity contribution in [2.45, 2.75) is 29.0 Å². The van der Waals surface area contributed by atoms with Crippen LogP contribution in [-0.4, -0.2) is 74.4 Å². The minimum Gasteiger partial charge on any atom is -0.497 e. The second-order valence-electron chi connectivity index (χ2n) is 8.54. The number of imide groups is 1. The van der Waals surface area contributed by atoms with Crippen molar-refractivity contribution < 1.29 is 22.7 Å². The quantitative estimate of drug-likeness (QED) is 0.642. The van der Waals surface area contributed by atoms with E-state index in [9.17, 15) is 18.0 Å². The van der Waals surface area contributed by atoms with Crippen LogP contribution in [0.1, 0.15) is 24.0 Å². The van der Waals surface area contributed by atoms with E-state index in [1.165, 1.54) is 20.5 Å². The van der Waals surface area contributed by atoms with Gasteiger partial charge in [0.2, 0.25) is 0 Å². The summed E-state index contributed by atoms with van der Waals surface area (Å²) >= 11 is 1.20. The first kappa shape index (κ1) is 22.3. The highest BCUT2D eigenvalue weighted by atomic mass is 32.2. The van der Waals surface area contributed by atoms with Crippen LogP contribution in [0.15, 0.2) is 39.9 Å². The summed E-state index contributed by atoms with van der Waals surface area (Å²) in [6.45, 7) is 1.67. The molecule has 5 rings (SSSR count). The predicted molar refractivity (Wildman–Crippen MR) is 123 cm³/mol. The molecule has 3 amide bonds. The summed E-state index contributed by atoms with van der Waals surface area (Å²) in [6.07, 6.45) is 2.18. The Kier molecular flexibility index (Phi) is 5.68. The Morgan fingerprint density at radius 1 is 1.15 bits per heavy atom. The number of methoxy groups -OCH3 is 1. The van der Waals surface area contributed by atoms with Crippen LogP contribution in [0.25, 0.3) is 0 Å². The first-order valence-corrected chi connectivity index (χ1v) is 13.2. The minimum absolute atomic E-state index is 0.144. The van der Waals surface area contributed by atoms with Gasteiger partial charge in [-0.1, -0.05) is 12.1 Å². The van der Waals surface area contributed by atoms with Gasteiger partial charge < -0.3 is 10.1 Å². The second-order valence-corrected chi connectivity index (χ2v) is 11.7. The maximum atomic E-state index is 13.5. The molecule has 9 nitrogen and oxygen atoms in total. The van der Waals surface area contributed by atoms with E-state index in [-0.39, 0.29) is 12.6 Å². The Morgan fingerprint density at radius 2 is 1.94 bits per heavy atom. The third-order valence-corrected chi connectivity index (χ3v) is 9.98. The van der Waals surface area contributed by atoms with Gasteiger partial charge in [-0.25, -0.2) is 18.1 Å². The Hall–Kier alpha value is -2.47. The van der Waals surface area contributed by atoms with E-state index in [4.69, 9.17) is 4.74 Å². The van der Waals surface area contributed by atoms with Crippen molar-refractivity contribution in [1.29, 1.82) is 0 Å². The number of nitrogens with one attached hydrogen (secondary N) is 1. The van der Waals surface area contributed by atoms with Gasteiger partial charge in [-0.2, -0.15) is 4.31 Å². The lowest BCUT2D eigenvalue weighted by molar-refractivity contribution is -0.133. The van der Waals surface area contributed by atoms with Gasteiger partial charge in [0.05, 0.1) is 13.8 Å². The lowest BCUT2D eigenvalue weighted by Crippen LogP contribution is -2.53.